The number of rotatable bonds is 5. The van der Waals surface area contributed by atoms with E-state index in [0.717, 1.165) is 33.3 Å². The van der Waals surface area contributed by atoms with E-state index in [2.05, 4.69) is 210 Å². The van der Waals surface area contributed by atoms with E-state index in [1.807, 2.05) is 18.3 Å². The van der Waals surface area contributed by atoms with Gasteiger partial charge in [0.05, 0.1) is 0 Å². The Morgan fingerprint density at radius 3 is 1.72 bits per heavy atom. The molecule has 6 heteroatoms. The van der Waals surface area contributed by atoms with Crippen molar-refractivity contribution in [3.63, 3.8) is 0 Å². The number of para-hydroxylation sites is 1. The number of anilines is 2. The topological polar surface area (TPSA) is 33.5 Å². The van der Waals surface area contributed by atoms with Gasteiger partial charge in [0.15, 0.2) is 0 Å². The second-order valence-electron chi connectivity index (χ2n) is 20.9. The van der Waals surface area contributed by atoms with Crippen molar-refractivity contribution in [1.29, 1.82) is 0 Å². The monoisotopic (exact) mass is 952 g/mol. The molecule has 0 bridgehead atoms. The van der Waals surface area contributed by atoms with Crippen molar-refractivity contribution in [1.82, 2.24) is 9.55 Å². The fraction of sp³-hybridized carbons (Fsp3) is 0.385. The van der Waals surface area contributed by atoms with Crippen LogP contribution in [0.25, 0.3) is 27.6 Å². The third-order valence-electron chi connectivity index (χ3n) is 10.9. The van der Waals surface area contributed by atoms with Gasteiger partial charge in [-0.1, -0.05) is 134 Å². The number of fused-ring (bicyclic) bond motifs is 3. The molecule has 2 aromatic heterocycles. The van der Waals surface area contributed by atoms with Crippen molar-refractivity contribution >= 4 is 33.2 Å². The Hall–Kier alpha value is -4.34. The molecule has 0 radical (unpaired) electrons. The first-order valence-electron chi connectivity index (χ1n) is 20.4. The molecule has 1 aliphatic rings. The van der Waals surface area contributed by atoms with Crippen molar-refractivity contribution in [2.75, 3.05) is 9.80 Å². The SMILES string of the molecule is CC(C)(C)C1=C(C(C)(C)C)N(c2cc(C(C)(C)C)cc(C(C)(C)C)c2)[CH-]N1c1[c-]c(Oc2[c-]c3c(cc2)c2ccccc2n3-c2cc(C(C)(C)C)ccn2)ccc1.[Pt]. The molecule has 0 saturated heterocycles. The normalized spacial score (nSPS) is 14.5. The summed E-state index contributed by atoms with van der Waals surface area (Å²) in [5.41, 5.74) is 10.1. The Labute approximate surface area is 362 Å². The van der Waals surface area contributed by atoms with Crippen LogP contribution in [0.2, 0.25) is 0 Å². The summed E-state index contributed by atoms with van der Waals surface area (Å²) in [4.78, 5) is 9.61. The van der Waals surface area contributed by atoms with E-state index in [9.17, 15) is 0 Å². The fourth-order valence-corrected chi connectivity index (χ4v) is 7.82. The van der Waals surface area contributed by atoms with Gasteiger partial charge in [-0.05, 0) is 68.7 Å². The fourth-order valence-electron chi connectivity index (χ4n) is 7.82. The molecular formula is C52H61N4OPt-3. The van der Waals surface area contributed by atoms with Crippen LogP contribution < -0.4 is 14.5 Å². The first-order chi connectivity index (χ1) is 26.4. The third-order valence-corrected chi connectivity index (χ3v) is 10.9. The maximum atomic E-state index is 6.67. The second kappa shape index (κ2) is 15.0. The summed E-state index contributed by atoms with van der Waals surface area (Å²) >= 11 is 0. The van der Waals surface area contributed by atoms with Gasteiger partial charge in [-0.25, -0.2) is 4.98 Å². The Morgan fingerprint density at radius 2 is 1.12 bits per heavy atom. The summed E-state index contributed by atoms with van der Waals surface area (Å²) in [6.07, 6.45) is 1.91. The zero-order valence-electron chi connectivity index (χ0n) is 37.3. The maximum Gasteiger partial charge on any atom is 0.135 e. The minimum Gasteiger partial charge on any atom is -0.509 e. The molecule has 4 aromatic carbocycles. The predicted octanol–water partition coefficient (Wildman–Crippen LogP) is 14.2. The quantitative estimate of drug-likeness (QED) is 0.161. The van der Waals surface area contributed by atoms with Crippen LogP contribution >= 0.6 is 0 Å². The van der Waals surface area contributed by atoms with Crippen LogP contribution in [0.4, 0.5) is 11.4 Å². The molecule has 0 saturated carbocycles. The van der Waals surface area contributed by atoms with Crippen molar-refractivity contribution < 1.29 is 25.8 Å². The van der Waals surface area contributed by atoms with E-state index in [4.69, 9.17) is 9.72 Å². The molecule has 0 amide bonds. The van der Waals surface area contributed by atoms with E-state index in [0.29, 0.717) is 11.5 Å². The van der Waals surface area contributed by atoms with Gasteiger partial charge in [-0.15, -0.1) is 48.1 Å². The standard InChI is InChI=1S/C52H61N4O.Pt/c1-48(2,3)34-25-26-53-45(30-34)56-43-22-17-16-21-41(43)42-24-23-40(32-44(42)56)57-39-20-18-19-37(31-39)54-33-55(47(52(13,14)15)46(54)51(10,11)12)38-28-35(49(4,5)6)27-36(29-38)50(7,8)9;/h16-30,33H,1-15H3;/q-3;. The summed E-state index contributed by atoms with van der Waals surface area (Å²) < 4.78 is 8.87. The maximum absolute atomic E-state index is 6.67. The number of pyridine rings is 1. The molecule has 0 aliphatic carbocycles. The van der Waals surface area contributed by atoms with Crippen molar-refractivity contribution in [2.45, 2.75) is 120 Å². The van der Waals surface area contributed by atoms with Gasteiger partial charge in [0, 0.05) is 72.2 Å². The molecule has 1 aliphatic heterocycles. The molecule has 0 unspecified atom stereocenters. The zero-order valence-corrected chi connectivity index (χ0v) is 39.5. The Balaban J connectivity index is 0.00000567. The summed E-state index contributed by atoms with van der Waals surface area (Å²) in [6, 6.07) is 37.6. The molecule has 0 N–H and O–H groups in total. The van der Waals surface area contributed by atoms with Gasteiger partial charge in [-0.2, -0.15) is 12.1 Å². The number of nitrogens with zero attached hydrogens (tertiary/aromatic N) is 4. The summed E-state index contributed by atoms with van der Waals surface area (Å²) in [6.45, 7) is 36.6. The Kier molecular flexibility index (Phi) is 11.2. The number of aromatic nitrogens is 2. The Morgan fingerprint density at radius 1 is 0.534 bits per heavy atom. The molecule has 58 heavy (non-hydrogen) atoms. The molecule has 0 spiro atoms. The van der Waals surface area contributed by atoms with Crippen LogP contribution in [0.3, 0.4) is 0 Å². The van der Waals surface area contributed by atoms with Crippen LogP contribution in [-0.2, 0) is 37.3 Å². The first kappa shape index (κ1) is 43.2. The Bertz CT molecular complexity index is 2470. The molecule has 308 valence electrons. The van der Waals surface area contributed by atoms with Crippen LogP contribution in [0, 0.1) is 29.6 Å². The van der Waals surface area contributed by atoms with Gasteiger partial charge in [0.2, 0.25) is 0 Å². The van der Waals surface area contributed by atoms with E-state index >= 15 is 0 Å². The minimum absolute atomic E-state index is 0. The van der Waals surface area contributed by atoms with Gasteiger partial charge in [0.25, 0.3) is 0 Å². The predicted molar refractivity (Wildman–Crippen MR) is 240 cm³/mol. The van der Waals surface area contributed by atoms with Crippen molar-refractivity contribution in [3.8, 4) is 17.3 Å². The number of allylic oxidation sites excluding steroid dienone is 2. The van der Waals surface area contributed by atoms with Gasteiger partial charge < -0.3 is 19.1 Å². The van der Waals surface area contributed by atoms with Crippen LogP contribution in [0.15, 0.2) is 103 Å². The molecule has 0 atom stereocenters. The number of ether oxygens (including phenoxy) is 1. The number of hydrogen-bond acceptors (Lipinski definition) is 4. The van der Waals surface area contributed by atoms with Gasteiger partial charge in [0.1, 0.15) is 5.82 Å². The molecule has 5 nitrogen and oxygen atoms in total. The molecule has 7 rings (SSSR count). The van der Waals surface area contributed by atoms with Crippen molar-refractivity contribution in [3.05, 3.63) is 138 Å². The average Bonchev–Trinajstić information content (AvgIpc) is 3.68. The summed E-state index contributed by atoms with van der Waals surface area (Å²) in [5.74, 6) is 2.11. The second-order valence-corrected chi connectivity index (χ2v) is 20.9. The van der Waals surface area contributed by atoms with E-state index in [1.54, 1.807) is 0 Å². The molecular weight excluding hydrogens is 892 g/mol. The minimum atomic E-state index is -0.183. The smallest absolute Gasteiger partial charge is 0.135 e. The largest absolute Gasteiger partial charge is 0.509 e. The van der Waals surface area contributed by atoms with E-state index in [1.165, 1.54) is 33.8 Å². The molecule has 0 fully saturated rings. The van der Waals surface area contributed by atoms with Crippen LogP contribution in [0.1, 0.15) is 121 Å². The van der Waals surface area contributed by atoms with Crippen molar-refractivity contribution in [2.24, 2.45) is 10.8 Å². The van der Waals surface area contributed by atoms with Gasteiger partial charge in [-0.3, -0.25) is 0 Å². The first-order valence-corrected chi connectivity index (χ1v) is 20.4. The molecule has 6 aromatic rings. The van der Waals surface area contributed by atoms with Crippen LogP contribution in [-0.4, -0.2) is 9.55 Å². The van der Waals surface area contributed by atoms with Gasteiger partial charge >= 0.3 is 0 Å². The zero-order chi connectivity index (χ0) is 41.5. The van der Waals surface area contributed by atoms with E-state index in [-0.39, 0.29) is 48.1 Å². The summed E-state index contributed by atoms with van der Waals surface area (Å²) in [5, 5.41) is 2.25. The number of hydrogen-bond donors (Lipinski definition) is 0. The third kappa shape index (κ3) is 8.40. The molecule has 3 heterocycles. The summed E-state index contributed by atoms with van der Waals surface area (Å²) in [7, 11) is 0. The number of benzene rings is 4. The van der Waals surface area contributed by atoms with E-state index < -0.39 is 0 Å². The van der Waals surface area contributed by atoms with Crippen LogP contribution in [0.5, 0.6) is 11.5 Å². The average molecular weight is 953 g/mol.